The summed E-state index contributed by atoms with van der Waals surface area (Å²) in [5.41, 5.74) is 1.73. The monoisotopic (exact) mass is 418 g/mol. The van der Waals surface area contributed by atoms with Crippen LogP contribution in [0.4, 0.5) is 0 Å². The van der Waals surface area contributed by atoms with Gasteiger partial charge in [-0.25, -0.2) is 4.68 Å². The highest BCUT2D eigenvalue weighted by molar-refractivity contribution is 6.05. The molecule has 3 saturated heterocycles. The van der Waals surface area contributed by atoms with Crippen molar-refractivity contribution in [2.24, 2.45) is 18.9 Å². The van der Waals surface area contributed by atoms with E-state index in [0.717, 1.165) is 25.9 Å². The van der Waals surface area contributed by atoms with Crippen LogP contribution in [0, 0.1) is 11.8 Å². The Bertz CT molecular complexity index is 1140. The van der Waals surface area contributed by atoms with E-state index < -0.39 is 0 Å². The molecule has 4 heterocycles. The summed E-state index contributed by atoms with van der Waals surface area (Å²) in [5.74, 6) is 1.13. The van der Waals surface area contributed by atoms with E-state index in [-0.39, 0.29) is 17.5 Å². The van der Waals surface area contributed by atoms with Crippen LogP contribution in [0.3, 0.4) is 0 Å². The van der Waals surface area contributed by atoms with E-state index >= 15 is 0 Å². The molecule has 1 aliphatic carbocycles. The van der Waals surface area contributed by atoms with Crippen molar-refractivity contribution >= 4 is 16.7 Å². The molecule has 1 amide bonds. The summed E-state index contributed by atoms with van der Waals surface area (Å²) in [6, 6.07) is 8.26. The van der Waals surface area contributed by atoms with Crippen LogP contribution in [0.25, 0.3) is 10.8 Å². The molecule has 31 heavy (non-hydrogen) atoms. The van der Waals surface area contributed by atoms with Gasteiger partial charge in [0.2, 0.25) is 0 Å². The number of amides is 1. The average Bonchev–Trinajstić information content (AvgIpc) is 2.81. The highest BCUT2D eigenvalue weighted by atomic mass is 16.2. The number of carbonyl (C=O) groups is 1. The predicted molar refractivity (Wildman–Crippen MR) is 120 cm³/mol. The molecule has 3 aliphatic heterocycles. The molecule has 3 fully saturated rings. The summed E-state index contributed by atoms with van der Waals surface area (Å²) < 4.78 is 1.31. The lowest BCUT2D eigenvalue weighted by molar-refractivity contribution is 0.00131. The molecule has 0 radical (unpaired) electrons. The zero-order valence-corrected chi connectivity index (χ0v) is 18.2. The molecule has 4 unspecified atom stereocenters. The summed E-state index contributed by atoms with van der Waals surface area (Å²) in [5, 5.41) is 5.67. The molecule has 2 bridgehead atoms. The van der Waals surface area contributed by atoms with Crippen molar-refractivity contribution < 1.29 is 4.79 Å². The maximum Gasteiger partial charge on any atom is 0.275 e. The molecule has 0 spiro atoms. The van der Waals surface area contributed by atoms with Crippen LogP contribution >= 0.6 is 0 Å². The summed E-state index contributed by atoms with van der Waals surface area (Å²) in [7, 11) is 1.63. The van der Waals surface area contributed by atoms with Crippen molar-refractivity contribution in [3.8, 4) is 0 Å². The van der Waals surface area contributed by atoms with Crippen molar-refractivity contribution in [2.45, 2.75) is 50.6 Å². The van der Waals surface area contributed by atoms with Gasteiger partial charge in [0.05, 0.1) is 11.4 Å². The first kappa shape index (κ1) is 19.2. The van der Waals surface area contributed by atoms with Gasteiger partial charge in [-0.15, -0.1) is 0 Å². The van der Waals surface area contributed by atoms with E-state index in [9.17, 15) is 9.59 Å². The molecule has 0 N–H and O–H groups in total. The Morgan fingerprint density at radius 2 is 1.94 bits per heavy atom. The standard InChI is InChI=1S/C25H30N4O2/c1-27-24(30)20-9-3-2-8-19(20)22(26-27)25(31)29-12-6-7-16-13-17-14-18(23(16)29)15-28-11-5-4-10-21(17)28/h2-3,8-9,13,17-18,21,23H,4-7,10-12,14-15H2,1H3. The molecule has 1 aromatic carbocycles. The van der Waals surface area contributed by atoms with Crippen LogP contribution in [0.15, 0.2) is 40.7 Å². The molecular formula is C25H30N4O2. The lowest BCUT2D eigenvalue weighted by atomic mass is 9.68. The fourth-order valence-electron chi connectivity index (χ4n) is 6.79. The van der Waals surface area contributed by atoms with Gasteiger partial charge >= 0.3 is 0 Å². The highest BCUT2D eigenvalue weighted by Gasteiger charge is 2.47. The van der Waals surface area contributed by atoms with Crippen LogP contribution in [-0.4, -0.2) is 57.2 Å². The Balaban J connectivity index is 1.40. The summed E-state index contributed by atoms with van der Waals surface area (Å²) in [6.45, 7) is 3.08. The highest BCUT2D eigenvalue weighted by Crippen LogP contribution is 2.45. The Kier molecular flexibility index (Phi) is 4.53. The number of fused-ring (bicyclic) bond motifs is 7. The van der Waals surface area contributed by atoms with Crippen LogP contribution in [0.1, 0.15) is 49.0 Å². The number of piperidine rings is 3. The molecule has 162 valence electrons. The topological polar surface area (TPSA) is 58.4 Å². The van der Waals surface area contributed by atoms with Crippen molar-refractivity contribution in [3.05, 3.63) is 52.0 Å². The average molecular weight is 419 g/mol. The van der Waals surface area contributed by atoms with Gasteiger partial charge in [-0.1, -0.05) is 36.3 Å². The van der Waals surface area contributed by atoms with Crippen molar-refractivity contribution in [3.63, 3.8) is 0 Å². The van der Waals surface area contributed by atoms with E-state index in [4.69, 9.17) is 0 Å². The molecule has 6 rings (SSSR count). The van der Waals surface area contributed by atoms with E-state index in [1.54, 1.807) is 13.1 Å². The van der Waals surface area contributed by atoms with E-state index in [1.807, 2.05) is 18.2 Å². The van der Waals surface area contributed by atoms with Crippen LogP contribution in [-0.2, 0) is 7.05 Å². The minimum atomic E-state index is -0.157. The molecule has 2 aromatic rings. The maximum absolute atomic E-state index is 13.9. The van der Waals surface area contributed by atoms with Crippen LogP contribution in [0.2, 0.25) is 0 Å². The molecule has 4 aliphatic rings. The van der Waals surface area contributed by atoms with E-state index in [2.05, 4.69) is 21.0 Å². The first-order chi connectivity index (χ1) is 15.1. The van der Waals surface area contributed by atoms with Gasteiger partial charge < -0.3 is 4.90 Å². The molecule has 6 nitrogen and oxygen atoms in total. The molecule has 6 heteroatoms. The van der Waals surface area contributed by atoms with Gasteiger partial charge in [0.15, 0.2) is 5.69 Å². The van der Waals surface area contributed by atoms with Gasteiger partial charge in [-0.3, -0.25) is 14.5 Å². The van der Waals surface area contributed by atoms with Gasteiger partial charge in [0.1, 0.15) is 0 Å². The number of hydrogen-bond donors (Lipinski definition) is 0. The van der Waals surface area contributed by atoms with Crippen LogP contribution < -0.4 is 5.56 Å². The number of nitrogens with zero attached hydrogens (tertiary/aromatic N) is 4. The zero-order chi connectivity index (χ0) is 21.1. The largest absolute Gasteiger partial charge is 0.330 e. The lowest BCUT2D eigenvalue weighted by Gasteiger charge is -2.54. The molecular weight excluding hydrogens is 388 g/mol. The Labute approximate surface area is 182 Å². The third-order valence-electron chi connectivity index (χ3n) is 8.08. The zero-order valence-electron chi connectivity index (χ0n) is 18.2. The second kappa shape index (κ2) is 7.30. The quantitative estimate of drug-likeness (QED) is 0.668. The SMILES string of the molecule is Cn1nc(C(=O)N2CCCC3=CC4CC(CN5CCCCC45)C32)c2ccccc2c1=O. The molecule has 4 atom stereocenters. The summed E-state index contributed by atoms with van der Waals surface area (Å²) in [6.07, 6.45) is 9.82. The smallest absolute Gasteiger partial charge is 0.275 e. The summed E-state index contributed by atoms with van der Waals surface area (Å²) >= 11 is 0. The Morgan fingerprint density at radius 3 is 2.81 bits per heavy atom. The maximum atomic E-state index is 13.9. The van der Waals surface area contributed by atoms with Crippen molar-refractivity contribution in [2.75, 3.05) is 19.6 Å². The Morgan fingerprint density at radius 1 is 1.10 bits per heavy atom. The fraction of sp³-hybridized carbons (Fsp3) is 0.560. The van der Waals surface area contributed by atoms with E-state index in [1.165, 1.54) is 42.5 Å². The van der Waals surface area contributed by atoms with Crippen molar-refractivity contribution in [1.29, 1.82) is 0 Å². The second-order valence-corrected chi connectivity index (χ2v) is 9.83. The van der Waals surface area contributed by atoms with Crippen molar-refractivity contribution in [1.82, 2.24) is 19.6 Å². The molecule has 0 saturated carbocycles. The number of carbonyl (C=O) groups excluding carboxylic acids is 1. The number of rotatable bonds is 1. The lowest BCUT2D eigenvalue weighted by Crippen LogP contribution is -2.60. The minimum absolute atomic E-state index is 0.0263. The third kappa shape index (κ3) is 2.99. The van der Waals surface area contributed by atoms with Gasteiger partial charge in [-0.2, -0.15) is 5.10 Å². The van der Waals surface area contributed by atoms with E-state index in [0.29, 0.717) is 34.3 Å². The normalized spacial score (nSPS) is 30.5. The predicted octanol–water partition coefficient (Wildman–Crippen LogP) is 2.97. The first-order valence-electron chi connectivity index (χ1n) is 11.8. The second-order valence-electron chi connectivity index (χ2n) is 9.83. The number of benzene rings is 1. The van der Waals surface area contributed by atoms with Gasteiger partial charge in [0, 0.05) is 31.6 Å². The number of likely N-dealkylation sites (tertiary alicyclic amines) is 1. The first-order valence-corrected chi connectivity index (χ1v) is 11.8. The number of hydrogen-bond acceptors (Lipinski definition) is 4. The summed E-state index contributed by atoms with van der Waals surface area (Å²) in [4.78, 5) is 31.2. The minimum Gasteiger partial charge on any atom is -0.330 e. The molecule has 1 aromatic heterocycles. The Hall–Kier alpha value is -2.47. The van der Waals surface area contributed by atoms with Gasteiger partial charge in [-0.05, 0) is 56.6 Å². The number of aryl methyl sites for hydroxylation is 1. The van der Waals surface area contributed by atoms with Crippen LogP contribution in [0.5, 0.6) is 0 Å². The number of aromatic nitrogens is 2. The van der Waals surface area contributed by atoms with Gasteiger partial charge in [0.25, 0.3) is 11.5 Å². The fourth-order valence-corrected chi connectivity index (χ4v) is 6.79. The third-order valence-corrected chi connectivity index (χ3v) is 8.08.